The van der Waals surface area contributed by atoms with E-state index in [0.29, 0.717) is 0 Å². The minimum atomic E-state index is -1.53. The van der Waals surface area contributed by atoms with Gasteiger partial charge in [-0.2, -0.15) is 0 Å². The fraction of sp³-hybridized carbons (Fsp3) is 0.176. The zero-order chi connectivity index (χ0) is 30.9. The minimum absolute atomic E-state index is 0.204. The van der Waals surface area contributed by atoms with Crippen molar-refractivity contribution in [3.05, 3.63) is 138 Å². The van der Waals surface area contributed by atoms with Gasteiger partial charge in [-0.25, -0.2) is 0 Å². The second kappa shape index (κ2) is 14.9. The van der Waals surface area contributed by atoms with Crippen LogP contribution in [-0.2, 0) is 28.5 Å². The van der Waals surface area contributed by atoms with Crippen LogP contribution in [0.15, 0.2) is 121 Å². The van der Waals surface area contributed by atoms with Gasteiger partial charge in [0.2, 0.25) is 0 Å². The van der Waals surface area contributed by atoms with Crippen molar-refractivity contribution in [3.63, 3.8) is 0 Å². The molecule has 0 bridgehead atoms. The molecule has 0 amide bonds. The van der Waals surface area contributed by atoms with Crippen LogP contribution >= 0.6 is 0 Å². The second-order valence-electron chi connectivity index (χ2n) is 9.60. The van der Waals surface area contributed by atoms with Crippen molar-refractivity contribution in [2.45, 2.75) is 30.7 Å². The van der Waals surface area contributed by atoms with Gasteiger partial charge in [0.25, 0.3) is 0 Å². The molecular formula is C34H28O9Te. The molecule has 1 heterocycles. The topological polar surface area (TPSA) is 114 Å². The SMILES string of the molecule is CO[C@@H]1O[C@H](C(=O)[Te]c2ccccc2)[C@@H](OC(=O)c2ccccc2)[C@H](OC(=O)c2ccccc2)[C@@H]1OC(=O)c1ccccc1. The fourth-order valence-electron chi connectivity index (χ4n) is 4.54. The zero-order valence-electron chi connectivity index (χ0n) is 23.5. The Bertz CT molecular complexity index is 1570. The predicted octanol–water partition coefficient (Wildman–Crippen LogP) is 3.59. The Balaban J connectivity index is 1.55. The molecule has 0 spiro atoms. The molecule has 1 fully saturated rings. The van der Waals surface area contributed by atoms with Gasteiger partial charge in [0.05, 0.1) is 0 Å². The molecule has 0 saturated carbocycles. The third-order valence-electron chi connectivity index (χ3n) is 6.68. The van der Waals surface area contributed by atoms with E-state index in [1.54, 1.807) is 91.0 Å². The van der Waals surface area contributed by atoms with Gasteiger partial charge in [-0.15, -0.1) is 0 Å². The molecular weight excluding hydrogens is 680 g/mol. The van der Waals surface area contributed by atoms with Crippen LogP contribution in [0, 0.1) is 0 Å². The van der Waals surface area contributed by atoms with Crippen LogP contribution in [0.2, 0.25) is 0 Å². The average Bonchev–Trinajstić information content (AvgIpc) is 3.07. The molecule has 224 valence electrons. The van der Waals surface area contributed by atoms with Gasteiger partial charge in [0.1, 0.15) is 0 Å². The second-order valence-corrected chi connectivity index (χ2v) is 12.7. The van der Waals surface area contributed by atoms with Crippen LogP contribution in [0.1, 0.15) is 31.1 Å². The van der Waals surface area contributed by atoms with E-state index in [1.165, 1.54) is 7.11 Å². The first kappa shape index (κ1) is 31.1. The van der Waals surface area contributed by atoms with Gasteiger partial charge < -0.3 is 0 Å². The number of methoxy groups -OCH3 is 1. The monoisotopic (exact) mass is 710 g/mol. The van der Waals surface area contributed by atoms with E-state index >= 15 is 0 Å². The van der Waals surface area contributed by atoms with E-state index in [1.807, 2.05) is 30.3 Å². The summed E-state index contributed by atoms with van der Waals surface area (Å²) in [6, 6.07) is 33.7. The summed E-state index contributed by atoms with van der Waals surface area (Å²) in [4.78, 5) is 53.9. The van der Waals surface area contributed by atoms with Crippen LogP contribution in [0.25, 0.3) is 0 Å². The van der Waals surface area contributed by atoms with E-state index in [9.17, 15) is 19.2 Å². The molecule has 1 aliphatic rings. The summed E-state index contributed by atoms with van der Waals surface area (Å²) in [5.41, 5.74) is 0.635. The summed E-state index contributed by atoms with van der Waals surface area (Å²) in [6.07, 6.45) is -7.07. The molecule has 0 aliphatic carbocycles. The maximum absolute atomic E-state index is 13.8. The quantitative estimate of drug-likeness (QED) is 0.139. The molecule has 1 aliphatic heterocycles. The number of esters is 3. The Labute approximate surface area is 264 Å². The van der Waals surface area contributed by atoms with E-state index in [4.69, 9.17) is 23.7 Å². The molecule has 10 heteroatoms. The van der Waals surface area contributed by atoms with Gasteiger partial charge >= 0.3 is 265 Å². The summed E-state index contributed by atoms with van der Waals surface area (Å²) in [5, 5.41) is 0. The molecule has 5 atom stereocenters. The van der Waals surface area contributed by atoms with Crippen molar-refractivity contribution in [1.82, 2.24) is 0 Å². The number of carbonyl (C=O) groups is 4. The van der Waals surface area contributed by atoms with Gasteiger partial charge in [0.15, 0.2) is 0 Å². The van der Waals surface area contributed by atoms with E-state index in [0.717, 1.165) is 3.61 Å². The van der Waals surface area contributed by atoms with Crippen LogP contribution in [0.3, 0.4) is 0 Å². The third kappa shape index (κ3) is 7.59. The van der Waals surface area contributed by atoms with Crippen molar-refractivity contribution in [3.8, 4) is 0 Å². The molecule has 1 saturated heterocycles. The van der Waals surface area contributed by atoms with E-state index in [2.05, 4.69) is 0 Å². The first-order valence-corrected chi connectivity index (χ1v) is 16.0. The van der Waals surface area contributed by atoms with Crippen molar-refractivity contribution in [1.29, 1.82) is 0 Å². The fourth-order valence-corrected chi connectivity index (χ4v) is 6.91. The maximum atomic E-state index is 13.8. The van der Waals surface area contributed by atoms with Crippen LogP contribution in [0.4, 0.5) is 0 Å². The van der Waals surface area contributed by atoms with E-state index < -0.39 is 69.5 Å². The first-order valence-electron chi connectivity index (χ1n) is 13.7. The normalized spacial score (nSPS) is 21.1. The van der Waals surface area contributed by atoms with Gasteiger partial charge in [-0.05, 0) is 0 Å². The molecule has 0 aromatic heterocycles. The number of hydrogen-bond acceptors (Lipinski definition) is 9. The number of benzene rings is 4. The number of rotatable bonds is 10. The third-order valence-corrected chi connectivity index (χ3v) is 9.37. The molecule has 0 unspecified atom stereocenters. The molecule has 0 N–H and O–H groups in total. The van der Waals surface area contributed by atoms with Crippen LogP contribution in [-0.4, -0.2) is 80.5 Å². The summed E-state index contributed by atoms with van der Waals surface area (Å²) in [6.45, 7) is 0. The molecule has 0 radical (unpaired) electrons. The summed E-state index contributed by atoms with van der Waals surface area (Å²) < 4.78 is 29.9. The van der Waals surface area contributed by atoms with Crippen molar-refractivity contribution >= 4 is 46.3 Å². The Morgan fingerprint density at radius 2 is 0.932 bits per heavy atom. The van der Waals surface area contributed by atoms with Crippen molar-refractivity contribution in [2.75, 3.05) is 7.11 Å². The van der Waals surface area contributed by atoms with Crippen molar-refractivity contribution < 1.29 is 42.9 Å². The molecule has 44 heavy (non-hydrogen) atoms. The molecule has 5 rings (SSSR count). The molecule has 9 nitrogen and oxygen atoms in total. The Hall–Kier alpha value is -4.33. The zero-order valence-corrected chi connectivity index (χ0v) is 25.8. The number of ether oxygens (including phenoxy) is 5. The van der Waals surface area contributed by atoms with E-state index in [-0.39, 0.29) is 20.5 Å². The van der Waals surface area contributed by atoms with Crippen LogP contribution < -0.4 is 3.61 Å². The standard InChI is InChI=1S/C34H28O9Te/c1-39-34-29(42-32(37)24-18-10-4-11-19-24)27(41-31(36)23-16-8-3-9-17-23)26(40-30(35)22-14-6-2-7-15-22)28(43-34)33(38)44-25-20-12-5-13-21-25/h2-21,26-29,34H,1H3/t26-,27-,28-,29-,34+/m0/s1. The Morgan fingerprint density at radius 1 is 0.545 bits per heavy atom. The first-order chi connectivity index (χ1) is 21.4. The summed E-state index contributed by atoms with van der Waals surface area (Å²) in [5.74, 6) is -2.31. The number of hydrogen-bond donors (Lipinski definition) is 0. The summed E-state index contributed by atoms with van der Waals surface area (Å²) in [7, 11) is 1.32. The van der Waals surface area contributed by atoms with Gasteiger partial charge in [-0.3, -0.25) is 0 Å². The summed E-state index contributed by atoms with van der Waals surface area (Å²) >= 11 is -1.53. The van der Waals surface area contributed by atoms with Gasteiger partial charge in [0, 0.05) is 0 Å². The number of carbonyl (C=O) groups excluding carboxylic acids is 4. The van der Waals surface area contributed by atoms with Crippen LogP contribution in [0.5, 0.6) is 0 Å². The Morgan fingerprint density at radius 3 is 1.36 bits per heavy atom. The molecule has 4 aromatic carbocycles. The van der Waals surface area contributed by atoms with Gasteiger partial charge in [-0.1, -0.05) is 0 Å². The predicted molar refractivity (Wildman–Crippen MR) is 159 cm³/mol. The van der Waals surface area contributed by atoms with Crippen molar-refractivity contribution in [2.24, 2.45) is 0 Å². The Kier molecular flexibility index (Phi) is 10.5. The average molecular weight is 708 g/mol. The molecule has 4 aromatic rings.